The van der Waals surface area contributed by atoms with E-state index in [4.69, 9.17) is 10.5 Å². The smallest absolute Gasteiger partial charge is 0 e. The third-order valence-corrected chi connectivity index (χ3v) is 0. The van der Waals surface area contributed by atoms with E-state index >= 15 is 0 Å². The minimum Gasteiger partial charge on any atom is -0.412 e. The summed E-state index contributed by atoms with van der Waals surface area (Å²) in [6.45, 7) is 0. The van der Waals surface area contributed by atoms with Crippen molar-refractivity contribution in [2.75, 3.05) is 0 Å². The fourth-order valence-electron chi connectivity index (χ4n) is 0. The molecule has 0 aromatic rings. The molecule has 0 aromatic carbocycles. The Hall–Kier alpha value is 0.892. The van der Waals surface area contributed by atoms with Crippen LogP contribution in [0.15, 0.2) is 0 Å². The Morgan fingerprint density at radius 2 is 0.800 bits per heavy atom. The largest absolute Gasteiger partial charge is 0.412 e. The van der Waals surface area contributed by atoms with E-state index in [1.54, 1.807) is 0 Å². The molecule has 0 bridgehead atoms. The van der Waals surface area contributed by atoms with Gasteiger partial charge in [0.15, 0.2) is 0 Å². The van der Waals surface area contributed by atoms with Gasteiger partial charge in [0.2, 0.25) is 0 Å². The molecule has 0 saturated carbocycles. The van der Waals surface area contributed by atoms with Crippen molar-refractivity contribution >= 4 is 0 Å². The summed E-state index contributed by atoms with van der Waals surface area (Å²) >= 11 is 0. The number of hydrogen-bond donors (Lipinski definition) is 2. The Balaban J connectivity index is -0.00000000167. The fraction of sp³-hybridized carbons (Fsp3) is 0. The maximum atomic E-state index is 6.00. The summed E-state index contributed by atoms with van der Waals surface area (Å²) < 4.78 is 0. The van der Waals surface area contributed by atoms with Gasteiger partial charge < -0.3 is 11.0 Å². The van der Waals surface area contributed by atoms with Crippen LogP contribution in [0.4, 0.5) is 0 Å². The van der Waals surface area contributed by atoms with Gasteiger partial charge in [-0.2, -0.15) is 0 Å². The summed E-state index contributed by atoms with van der Waals surface area (Å²) in [6.07, 6.45) is 0. The van der Waals surface area contributed by atoms with E-state index in [2.05, 4.69) is 0 Å². The third-order valence-electron chi connectivity index (χ3n) is 0. The molecule has 0 fully saturated rings. The fourth-order valence-corrected chi connectivity index (χ4v) is 0. The quantitative estimate of drug-likeness (QED) is 0.414. The minimum atomic E-state index is 0. The van der Waals surface area contributed by atoms with Crippen molar-refractivity contribution in [3.05, 3.63) is 0 Å². The van der Waals surface area contributed by atoms with Gasteiger partial charge in [-0.1, -0.05) is 0 Å². The molecule has 0 rings (SSSR count). The predicted molar refractivity (Wildman–Crippen MR) is 12.5 cm³/mol. The monoisotopic (exact) mass is 308 g/mol. The molecule has 4 nitrogen and oxygen atoms in total. The summed E-state index contributed by atoms with van der Waals surface area (Å²) in [7, 11) is 0. The van der Waals surface area contributed by atoms with E-state index in [9.17, 15) is 0 Å². The van der Waals surface area contributed by atoms with Crippen LogP contribution in [0, 0.1) is 31.1 Å². The van der Waals surface area contributed by atoms with E-state index in [1.807, 2.05) is 0 Å². The zero-order valence-electron chi connectivity index (χ0n) is 2.39. The van der Waals surface area contributed by atoms with Gasteiger partial charge in [0.1, 0.15) is 0 Å². The summed E-state index contributed by atoms with van der Waals surface area (Å²) in [5.41, 5.74) is 0. The van der Waals surface area contributed by atoms with Crippen molar-refractivity contribution < 1.29 is 52.6 Å². The normalized spacial score (nSPS) is 1.20. The van der Waals surface area contributed by atoms with Gasteiger partial charge in [0, 0.05) is 31.1 Å². The molecule has 0 atom stereocenters. The summed E-state index contributed by atoms with van der Waals surface area (Å²) in [5, 5.41) is 12.0. The van der Waals surface area contributed by atoms with Gasteiger partial charge in [-0.05, 0) is 0 Å². The molecule has 5 heteroatoms. The molecule has 0 aliphatic rings. The van der Waals surface area contributed by atoms with Crippen LogP contribution in [0.3, 0.4) is 0 Å². The molecule has 34 valence electrons. The van der Waals surface area contributed by atoms with Gasteiger partial charge in [-0.15, -0.1) is 0 Å². The van der Waals surface area contributed by atoms with Crippen LogP contribution in [0.1, 0.15) is 0 Å². The Labute approximate surface area is 52.7 Å². The second-order valence-corrected chi connectivity index (χ2v) is 0. The molecule has 0 aromatic heterocycles. The van der Waals surface area contributed by atoms with Crippen molar-refractivity contribution in [2.45, 2.75) is 0 Å². The van der Waals surface area contributed by atoms with Crippen molar-refractivity contribution in [1.29, 1.82) is 0 Å². The Kier molecular flexibility index (Phi) is 734. The first-order valence-electron chi connectivity index (χ1n) is 0.200. The second-order valence-electron chi connectivity index (χ2n) is 0. The zero-order valence-corrected chi connectivity index (χ0v) is 6.56. The van der Waals surface area contributed by atoms with Gasteiger partial charge in [-0.25, -0.2) is 0 Å². The first-order chi connectivity index (χ1) is 1.00. The molecule has 0 heterocycles. The average Bonchev–Trinajstić information content (AvgIpc) is 1.00. The topological polar surface area (TPSA) is 103 Å². The Morgan fingerprint density at radius 3 is 0.800 bits per heavy atom. The van der Waals surface area contributed by atoms with E-state index < -0.39 is 0 Å². The second kappa shape index (κ2) is 93.1. The zero-order chi connectivity index (χ0) is 2.00. The van der Waals surface area contributed by atoms with E-state index in [0.29, 0.717) is 0 Å². The van der Waals surface area contributed by atoms with E-state index in [-0.39, 0.29) is 42.1 Å². The van der Waals surface area contributed by atoms with E-state index in [0.717, 1.165) is 0 Å². The first kappa shape index (κ1) is 39.4. The van der Waals surface area contributed by atoms with Crippen LogP contribution in [0.5, 0.6) is 0 Å². The van der Waals surface area contributed by atoms with Gasteiger partial charge in [-0.3, -0.25) is 10.5 Å². The van der Waals surface area contributed by atoms with Crippen molar-refractivity contribution in [3.8, 4) is 0 Å². The molecular formula is H6O4U. The van der Waals surface area contributed by atoms with Crippen LogP contribution in [-0.2, 0) is 0 Å². The molecule has 0 aliphatic carbocycles. The molecule has 0 saturated heterocycles. The molecule has 0 amide bonds. The Bertz CT molecular complexity index is 3.61. The van der Waals surface area contributed by atoms with E-state index in [1.165, 1.54) is 0 Å². The average molecular weight is 308 g/mol. The third kappa shape index (κ3) is 51.4. The SMILES string of the molecule is O.O.OO.[U]. The van der Waals surface area contributed by atoms with Gasteiger partial charge in [0.05, 0.1) is 0 Å². The van der Waals surface area contributed by atoms with Crippen LogP contribution in [-0.4, -0.2) is 21.5 Å². The summed E-state index contributed by atoms with van der Waals surface area (Å²) in [4.78, 5) is 0. The first-order valence-corrected chi connectivity index (χ1v) is 0.200. The van der Waals surface area contributed by atoms with Crippen molar-refractivity contribution in [1.82, 2.24) is 0 Å². The standard InChI is InChI=1S/H2O2.2H2O.U/c1-2;;;/h1-2H;2*1H2;. The van der Waals surface area contributed by atoms with Crippen molar-refractivity contribution in [2.24, 2.45) is 0 Å². The molecule has 6 N–H and O–H groups in total. The maximum Gasteiger partial charge on any atom is 0 e. The molecular weight excluding hydrogens is 302 g/mol. The van der Waals surface area contributed by atoms with Crippen molar-refractivity contribution in [3.63, 3.8) is 0 Å². The molecule has 5 heavy (non-hydrogen) atoms. The Morgan fingerprint density at radius 1 is 0.800 bits per heavy atom. The summed E-state index contributed by atoms with van der Waals surface area (Å²) in [6, 6.07) is 0. The van der Waals surface area contributed by atoms with Gasteiger partial charge in [0.25, 0.3) is 0 Å². The van der Waals surface area contributed by atoms with Crippen LogP contribution in [0.25, 0.3) is 0 Å². The van der Waals surface area contributed by atoms with Crippen LogP contribution < -0.4 is 0 Å². The predicted octanol–water partition coefficient (Wildman–Crippen LogP) is -1.63. The summed E-state index contributed by atoms with van der Waals surface area (Å²) in [5.74, 6) is 0. The van der Waals surface area contributed by atoms with Crippen LogP contribution >= 0.6 is 0 Å². The van der Waals surface area contributed by atoms with Crippen LogP contribution in [0.2, 0.25) is 0 Å². The molecule has 0 unspecified atom stereocenters. The molecule has 0 aliphatic heterocycles. The molecule has 0 radical (unpaired) electrons. The maximum absolute atomic E-state index is 6.00. The number of rotatable bonds is 0. The minimum absolute atomic E-state index is 0. The molecule has 0 spiro atoms. The van der Waals surface area contributed by atoms with Gasteiger partial charge >= 0.3 is 0 Å². The number of hydrogen-bond acceptors (Lipinski definition) is 2.